The third kappa shape index (κ3) is 2.95. The monoisotopic (exact) mass is 380 g/mol. The maximum atomic E-state index is 13.0. The van der Waals surface area contributed by atoms with Crippen LogP contribution in [0.25, 0.3) is 0 Å². The Labute approximate surface area is 139 Å². The smallest absolute Gasteiger partial charge is 0.243 e. The number of pyridine rings is 1. The molecule has 0 bridgehead atoms. The lowest BCUT2D eigenvalue weighted by Gasteiger charge is -2.24. The minimum absolute atomic E-state index is 0.151. The number of aromatic nitrogens is 1. The van der Waals surface area contributed by atoms with Crippen molar-refractivity contribution < 1.29 is 8.42 Å². The summed E-state index contributed by atoms with van der Waals surface area (Å²) in [6.07, 6.45) is 4.19. The molecule has 2 unspecified atom stereocenters. The van der Waals surface area contributed by atoms with E-state index in [2.05, 4.69) is 20.9 Å². The average molecular weight is 381 g/mol. The van der Waals surface area contributed by atoms with E-state index in [0.717, 1.165) is 17.5 Å². The summed E-state index contributed by atoms with van der Waals surface area (Å²) in [4.78, 5) is 4.61. The van der Waals surface area contributed by atoms with Gasteiger partial charge in [-0.1, -0.05) is 39.7 Å². The first-order valence-corrected chi connectivity index (χ1v) is 9.46. The Morgan fingerprint density at radius 3 is 2.59 bits per heavy atom. The van der Waals surface area contributed by atoms with E-state index in [-0.39, 0.29) is 10.9 Å². The molecule has 116 valence electrons. The summed E-state index contributed by atoms with van der Waals surface area (Å²) >= 11 is 3.57. The molecule has 0 amide bonds. The van der Waals surface area contributed by atoms with E-state index in [0.29, 0.717) is 11.4 Å². The molecule has 1 aromatic carbocycles. The Balaban J connectivity index is 1.99. The minimum atomic E-state index is -3.51. The molecule has 2 heterocycles. The van der Waals surface area contributed by atoms with Crippen LogP contribution in [0.15, 0.2) is 53.7 Å². The highest BCUT2D eigenvalue weighted by atomic mass is 79.9. The van der Waals surface area contributed by atoms with Crippen molar-refractivity contribution in [2.75, 3.05) is 6.54 Å². The Kier molecular flexibility index (Phi) is 4.34. The van der Waals surface area contributed by atoms with Gasteiger partial charge in [0.1, 0.15) is 0 Å². The second kappa shape index (κ2) is 6.10. The van der Waals surface area contributed by atoms with E-state index in [9.17, 15) is 8.42 Å². The van der Waals surface area contributed by atoms with E-state index >= 15 is 0 Å². The Bertz CT molecular complexity index is 747. The van der Waals surface area contributed by atoms with Crippen molar-refractivity contribution in [3.8, 4) is 0 Å². The predicted molar refractivity (Wildman–Crippen MR) is 89.4 cm³/mol. The van der Waals surface area contributed by atoms with E-state index in [1.165, 1.54) is 0 Å². The molecule has 22 heavy (non-hydrogen) atoms. The Morgan fingerprint density at radius 1 is 1.23 bits per heavy atom. The van der Waals surface area contributed by atoms with Crippen LogP contribution in [0.1, 0.15) is 23.6 Å². The number of benzene rings is 1. The van der Waals surface area contributed by atoms with Crippen LogP contribution in [0, 0.1) is 6.92 Å². The lowest BCUT2D eigenvalue weighted by molar-refractivity contribution is 0.396. The first-order valence-electron chi connectivity index (χ1n) is 7.11. The highest BCUT2D eigenvalue weighted by Crippen LogP contribution is 2.38. The van der Waals surface area contributed by atoms with Crippen LogP contribution >= 0.6 is 15.9 Å². The molecule has 1 aliphatic rings. The van der Waals surface area contributed by atoms with Gasteiger partial charge in [-0.15, -0.1) is 0 Å². The largest absolute Gasteiger partial charge is 0.264 e. The zero-order valence-corrected chi connectivity index (χ0v) is 14.6. The molecular weight excluding hydrogens is 364 g/mol. The maximum absolute atomic E-state index is 13.0. The molecule has 4 nitrogen and oxygen atoms in total. The molecule has 1 aliphatic heterocycles. The van der Waals surface area contributed by atoms with Gasteiger partial charge in [0, 0.05) is 23.8 Å². The van der Waals surface area contributed by atoms with Crippen molar-refractivity contribution in [2.24, 2.45) is 0 Å². The number of hydrogen-bond donors (Lipinski definition) is 0. The lowest BCUT2D eigenvalue weighted by Crippen LogP contribution is -2.31. The predicted octanol–water partition coefficient (Wildman–Crippen LogP) is 3.29. The molecule has 2 atom stereocenters. The van der Waals surface area contributed by atoms with Gasteiger partial charge in [0.2, 0.25) is 10.0 Å². The van der Waals surface area contributed by atoms with Gasteiger partial charge in [-0.25, -0.2) is 8.42 Å². The van der Waals surface area contributed by atoms with Gasteiger partial charge in [0.05, 0.1) is 10.9 Å². The zero-order chi connectivity index (χ0) is 15.7. The van der Waals surface area contributed by atoms with E-state index < -0.39 is 10.0 Å². The van der Waals surface area contributed by atoms with Crippen LogP contribution < -0.4 is 0 Å². The first-order chi connectivity index (χ1) is 10.5. The van der Waals surface area contributed by atoms with E-state index in [1.807, 2.05) is 31.2 Å². The number of alkyl halides is 1. The van der Waals surface area contributed by atoms with Crippen LogP contribution in [0.3, 0.4) is 0 Å². The molecule has 6 heteroatoms. The molecule has 3 rings (SSSR count). The minimum Gasteiger partial charge on any atom is -0.264 e. The fraction of sp³-hybridized carbons (Fsp3) is 0.312. The van der Waals surface area contributed by atoms with Crippen molar-refractivity contribution in [1.82, 2.24) is 9.29 Å². The van der Waals surface area contributed by atoms with Crippen LogP contribution in [0.2, 0.25) is 0 Å². The number of halogens is 1. The SMILES string of the molecule is Cc1ccc(S(=O)(=O)N2CC(Br)CC2c2cccnc2)cc1. The topological polar surface area (TPSA) is 50.3 Å². The lowest BCUT2D eigenvalue weighted by atomic mass is 10.1. The zero-order valence-electron chi connectivity index (χ0n) is 12.2. The van der Waals surface area contributed by atoms with Crippen LogP contribution in [-0.4, -0.2) is 29.1 Å². The summed E-state index contributed by atoms with van der Waals surface area (Å²) in [5.41, 5.74) is 1.97. The number of rotatable bonds is 3. The standard InChI is InChI=1S/C16H17BrN2O2S/c1-12-4-6-15(7-5-12)22(20,21)19-11-14(17)9-16(19)13-3-2-8-18-10-13/h2-8,10,14,16H,9,11H2,1H3. The molecule has 0 spiro atoms. The van der Waals surface area contributed by atoms with Crippen molar-refractivity contribution in [3.63, 3.8) is 0 Å². The number of hydrogen-bond acceptors (Lipinski definition) is 3. The molecule has 2 aromatic rings. The second-order valence-corrected chi connectivity index (χ2v) is 8.71. The molecule has 0 N–H and O–H groups in total. The van der Waals surface area contributed by atoms with Gasteiger partial charge < -0.3 is 0 Å². The van der Waals surface area contributed by atoms with Crippen molar-refractivity contribution in [1.29, 1.82) is 0 Å². The fourth-order valence-corrected chi connectivity index (χ4v) is 5.27. The Hall–Kier alpha value is -1.24. The maximum Gasteiger partial charge on any atom is 0.243 e. The Morgan fingerprint density at radius 2 is 1.95 bits per heavy atom. The molecule has 0 radical (unpaired) electrons. The number of nitrogens with zero attached hydrogens (tertiary/aromatic N) is 2. The summed E-state index contributed by atoms with van der Waals surface area (Å²) in [6, 6.07) is 10.6. The van der Waals surface area contributed by atoms with Gasteiger partial charge in [-0.05, 0) is 37.1 Å². The summed E-state index contributed by atoms with van der Waals surface area (Å²) < 4.78 is 27.5. The number of sulfonamides is 1. The molecule has 1 saturated heterocycles. The van der Waals surface area contributed by atoms with Crippen LogP contribution in [0.4, 0.5) is 0 Å². The highest BCUT2D eigenvalue weighted by Gasteiger charge is 2.40. The molecule has 1 aromatic heterocycles. The fourth-order valence-electron chi connectivity index (χ4n) is 2.74. The van der Waals surface area contributed by atoms with Crippen LogP contribution in [-0.2, 0) is 10.0 Å². The average Bonchev–Trinajstić information content (AvgIpc) is 2.91. The molecule has 0 saturated carbocycles. The van der Waals surface area contributed by atoms with E-state index in [1.54, 1.807) is 28.8 Å². The summed E-state index contributed by atoms with van der Waals surface area (Å²) in [5, 5.41) is 0. The van der Waals surface area contributed by atoms with Crippen LogP contribution in [0.5, 0.6) is 0 Å². The summed E-state index contributed by atoms with van der Waals surface area (Å²) in [6.45, 7) is 2.41. The molecule has 0 aliphatic carbocycles. The van der Waals surface area contributed by atoms with Gasteiger partial charge in [-0.2, -0.15) is 4.31 Å². The first kappa shape index (κ1) is 15.6. The summed E-state index contributed by atoms with van der Waals surface area (Å²) in [5.74, 6) is 0. The van der Waals surface area contributed by atoms with Gasteiger partial charge in [-0.3, -0.25) is 4.98 Å². The number of aryl methyl sites for hydroxylation is 1. The third-order valence-electron chi connectivity index (χ3n) is 3.90. The molecular formula is C16H17BrN2O2S. The highest BCUT2D eigenvalue weighted by molar-refractivity contribution is 9.09. The van der Waals surface area contributed by atoms with Crippen molar-refractivity contribution in [2.45, 2.75) is 29.1 Å². The van der Waals surface area contributed by atoms with Crippen molar-refractivity contribution >= 4 is 26.0 Å². The quantitative estimate of drug-likeness (QED) is 0.767. The third-order valence-corrected chi connectivity index (χ3v) is 6.45. The molecule has 1 fully saturated rings. The van der Waals surface area contributed by atoms with Gasteiger partial charge in [0.15, 0.2) is 0 Å². The van der Waals surface area contributed by atoms with Gasteiger partial charge >= 0.3 is 0 Å². The summed E-state index contributed by atoms with van der Waals surface area (Å²) in [7, 11) is -3.51. The van der Waals surface area contributed by atoms with Crippen molar-refractivity contribution in [3.05, 3.63) is 59.9 Å². The second-order valence-electron chi connectivity index (χ2n) is 5.52. The van der Waals surface area contributed by atoms with E-state index in [4.69, 9.17) is 0 Å². The van der Waals surface area contributed by atoms with Gasteiger partial charge in [0.25, 0.3) is 0 Å². The normalized spacial score (nSPS) is 22.8.